The summed E-state index contributed by atoms with van der Waals surface area (Å²) in [7, 11) is 0. The molecular formula is C21H22NO3-. The molecule has 3 fully saturated rings. The van der Waals surface area contributed by atoms with Crippen LogP contribution in [0.15, 0.2) is 54.6 Å². The molecule has 3 saturated heterocycles. The van der Waals surface area contributed by atoms with Crippen molar-refractivity contribution in [3.8, 4) is 0 Å². The molecule has 3 heterocycles. The number of nitrogens with zero attached hydrogens (tertiary/aromatic N) is 1. The Morgan fingerprint density at radius 3 is 2.32 bits per heavy atom. The van der Waals surface area contributed by atoms with Gasteiger partial charge < -0.3 is 15.0 Å². The first-order chi connectivity index (χ1) is 12.1. The quantitative estimate of drug-likeness (QED) is 0.925. The minimum absolute atomic E-state index is 0.314. The third kappa shape index (κ3) is 2.75. The van der Waals surface area contributed by atoms with Crippen molar-refractivity contribution in [1.82, 2.24) is 4.90 Å². The molecule has 2 aromatic carbocycles. The van der Waals surface area contributed by atoms with Gasteiger partial charge in [0.1, 0.15) is 0 Å². The third-order valence-electron chi connectivity index (χ3n) is 5.82. The molecule has 130 valence electrons. The molecule has 2 atom stereocenters. The lowest BCUT2D eigenvalue weighted by molar-refractivity contribution is -0.322. The number of benzene rings is 2. The number of carbonyl (C=O) groups excluding carboxylic acids is 1. The summed E-state index contributed by atoms with van der Waals surface area (Å²) in [6.07, 6.45) is 3.62. The van der Waals surface area contributed by atoms with E-state index in [1.165, 1.54) is 12.8 Å². The van der Waals surface area contributed by atoms with Crippen molar-refractivity contribution in [1.29, 1.82) is 0 Å². The Morgan fingerprint density at radius 1 is 1.04 bits per heavy atom. The molecule has 3 aliphatic heterocycles. The van der Waals surface area contributed by atoms with E-state index in [1.54, 1.807) is 36.4 Å². The molecule has 2 unspecified atom stereocenters. The van der Waals surface area contributed by atoms with Gasteiger partial charge in [0.25, 0.3) is 0 Å². The molecule has 0 spiro atoms. The Morgan fingerprint density at radius 2 is 1.72 bits per heavy atom. The maximum atomic E-state index is 11.9. The van der Waals surface area contributed by atoms with Gasteiger partial charge in [-0.1, -0.05) is 54.6 Å². The average molecular weight is 336 g/mol. The molecule has 0 aromatic heterocycles. The van der Waals surface area contributed by atoms with Crippen LogP contribution in [0.3, 0.4) is 0 Å². The molecule has 2 aromatic rings. The molecular weight excluding hydrogens is 314 g/mol. The lowest BCUT2D eigenvalue weighted by Gasteiger charge is -2.46. The van der Waals surface area contributed by atoms with Crippen molar-refractivity contribution in [2.24, 2.45) is 5.92 Å². The van der Waals surface area contributed by atoms with Gasteiger partial charge in [-0.25, -0.2) is 0 Å². The first-order valence-corrected chi connectivity index (χ1v) is 8.93. The Labute approximate surface area is 147 Å². The predicted molar refractivity (Wildman–Crippen MR) is 92.5 cm³/mol. The van der Waals surface area contributed by atoms with Gasteiger partial charge in [0.05, 0.1) is 5.97 Å². The van der Waals surface area contributed by atoms with Crippen LogP contribution in [-0.4, -0.2) is 29.1 Å². The maximum Gasteiger partial charge on any atom is 0.154 e. The fourth-order valence-corrected chi connectivity index (χ4v) is 4.36. The zero-order valence-electron chi connectivity index (χ0n) is 14.1. The molecule has 25 heavy (non-hydrogen) atoms. The molecule has 0 amide bonds. The molecule has 5 rings (SSSR count). The maximum absolute atomic E-state index is 11.9. The van der Waals surface area contributed by atoms with Crippen LogP contribution in [0.2, 0.25) is 0 Å². The van der Waals surface area contributed by atoms with E-state index >= 15 is 0 Å². The van der Waals surface area contributed by atoms with Gasteiger partial charge in [-0.05, 0) is 55.0 Å². The van der Waals surface area contributed by atoms with E-state index in [-0.39, 0.29) is 0 Å². The van der Waals surface area contributed by atoms with Crippen molar-refractivity contribution in [2.75, 3.05) is 13.1 Å². The van der Waals surface area contributed by atoms with Gasteiger partial charge in [0.15, 0.2) is 5.60 Å². The second-order valence-corrected chi connectivity index (χ2v) is 7.22. The second kappa shape index (κ2) is 6.28. The van der Waals surface area contributed by atoms with E-state index in [4.69, 9.17) is 0 Å². The highest BCUT2D eigenvalue weighted by atomic mass is 16.4. The van der Waals surface area contributed by atoms with Crippen molar-refractivity contribution in [3.63, 3.8) is 0 Å². The Bertz CT molecular complexity index is 768. The van der Waals surface area contributed by atoms with E-state index in [1.807, 2.05) is 18.2 Å². The zero-order chi connectivity index (χ0) is 17.4. The van der Waals surface area contributed by atoms with Gasteiger partial charge in [-0.2, -0.15) is 0 Å². The van der Waals surface area contributed by atoms with E-state index in [9.17, 15) is 15.0 Å². The topological polar surface area (TPSA) is 63.6 Å². The molecule has 4 heteroatoms. The number of carboxylic acids is 1. The zero-order valence-corrected chi connectivity index (χ0v) is 14.1. The smallest absolute Gasteiger partial charge is 0.154 e. The van der Waals surface area contributed by atoms with Gasteiger partial charge in [0.2, 0.25) is 0 Å². The number of hydrogen-bond acceptors (Lipinski definition) is 4. The summed E-state index contributed by atoms with van der Waals surface area (Å²) in [6, 6.07) is 16.2. The van der Waals surface area contributed by atoms with Gasteiger partial charge in [-0.15, -0.1) is 0 Å². The Balaban J connectivity index is 1.74. The van der Waals surface area contributed by atoms with E-state index in [0.29, 0.717) is 17.2 Å². The van der Waals surface area contributed by atoms with E-state index in [0.717, 1.165) is 31.0 Å². The number of aliphatic carboxylic acids is 1. The van der Waals surface area contributed by atoms with Crippen molar-refractivity contribution in [2.45, 2.75) is 30.9 Å². The monoisotopic (exact) mass is 336 g/mol. The van der Waals surface area contributed by atoms with E-state index in [2.05, 4.69) is 4.90 Å². The molecule has 0 aliphatic carbocycles. The molecule has 0 saturated carbocycles. The lowest BCUT2D eigenvalue weighted by Crippen LogP contribution is -2.47. The minimum Gasteiger partial charge on any atom is -0.546 e. The van der Waals surface area contributed by atoms with Gasteiger partial charge >= 0.3 is 0 Å². The van der Waals surface area contributed by atoms with Crippen LogP contribution in [0.4, 0.5) is 0 Å². The normalized spacial score (nSPS) is 27.6. The molecule has 1 N–H and O–H groups in total. The average Bonchev–Trinajstić information content (AvgIpc) is 2.69. The number of carbonyl (C=O) groups is 1. The van der Waals surface area contributed by atoms with Gasteiger partial charge in [0, 0.05) is 6.04 Å². The van der Waals surface area contributed by atoms with Crippen molar-refractivity contribution in [3.05, 3.63) is 71.3 Å². The standard InChI is InChI=1S/C21H23NO3/c23-20(24)21(25,17-6-2-1-3-7-17)18-8-4-5-16(14-18)19-13-15-9-11-22(19)12-10-15/h1-8,14-15,19,25H,9-13H2,(H,23,24)/p-1. The number of fused-ring (bicyclic) bond motifs is 3. The third-order valence-corrected chi connectivity index (χ3v) is 5.82. The SMILES string of the molecule is O=C([O-])C(O)(c1ccccc1)c1cccc(C2CC3CCN2CC3)c1. The number of aliphatic hydroxyl groups is 1. The van der Waals surface area contributed by atoms with Crippen molar-refractivity contribution >= 4 is 5.97 Å². The summed E-state index contributed by atoms with van der Waals surface area (Å²) in [4.78, 5) is 14.3. The highest BCUT2D eigenvalue weighted by Crippen LogP contribution is 2.41. The summed E-state index contributed by atoms with van der Waals surface area (Å²) >= 11 is 0. The highest BCUT2D eigenvalue weighted by molar-refractivity contribution is 5.82. The van der Waals surface area contributed by atoms with Crippen LogP contribution < -0.4 is 5.11 Å². The molecule has 0 radical (unpaired) electrons. The molecule has 2 bridgehead atoms. The predicted octanol–water partition coefficient (Wildman–Crippen LogP) is 1.83. The summed E-state index contributed by atoms with van der Waals surface area (Å²) in [5.41, 5.74) is -0.380. The van der Waals surface area contributed by atoms with Crippen LogP contribution in [0.5, 0.6) is 0 Å². The minimum atomic E-state index is -2.14. The largest absolute Gasteiger partial charge is 0.546 e. The first-order valence-electron chi connectivity index (χ1n) is 8.93. The van der Waals surface area contributed by atoms with Crippen LogP contribution in [0.1, 0.15) is 42.0 Å². The number of piperidine rings is 3. The van der Waals surface area contributed by atoms with Crippen LogP contribution in [0, 0.1) is 5.92 Å². The summed E-state index contributed by atoms with van der Waals surface area (Å²) in [5, 5.41) is 22.9. The Kier molecular flexibility index (Phi) is 4.10. The van der Waals surface area contributed by atoms with Crippen LogP contribution in [-0.2, 0) is 10.4 Å². The van der Waals surface area contributed by atoms with Gasteiger partial charge in [-0.3, -0.25) is 4.90 Å². The van der Waals surface area contributed by atoms with Crippen molar-refractivity contribution < 1.29 is 15.0 Å². The fraction of sp³-hybridized carbons (Fsp3) is 0.381. The number of carboxylic acid groups (broad SMARTS) is 1. The van der Waals surface area contributed by atoms with E-state index < -0.39 is 11.6 Å². The van der Waals surface area contributed by atoms with Crippen LogP contribution in [0.25, 0.3) is 0 Å². The Hall–Kier alpha value is -2.17. The summed E-state index contributed by atoms with van der Waals surface area (Å²) < 4.78 is 0. The summed E-state index contributed by atoms with van der Waals surface area (Å²) in [5.74, 6) is -0.742. The summed E-state index contributed by atoms with van der Waals surface area (Å²) in [6.45, 7) is 2.20. The second-order valence-electron chi connectivity index (χ2n) is 7.22. The molecule has 4 nitrogen and oxygen atoms in total. The fourth-order valence-electron chi connectivity index (χ4n) is 4.36. The number of hydrogen-bond donors (Lipinski definition) is 1. The lowest BCUT2D eigenvalue weighted by atomic mass is 9.79. The molecule has 3 aliphatic rings. The first kappa shape index (κ1) is 16.3. The number of rotatable bonds is 4. The highest BCUT2D eigenvalue weighted by Gasteiger charge is 2.37. The van der Waals surface area contributed by atoms with Crippen LogP contribution >= 0.6 is 0 Å².